The maximum Gasteiger partial charge on any atom is 0.416 e. The lowest BCUT2D eigenvalue weighted by Gasteiger charge is -2.31. The van der Waals surface area contributed by atoms with Crippen molar-refractivity contribution in [3.63, 3.8) is 0 Å². The van der Waals surface area contributed by atoms with Crippen LogP contribution in [0.1, 0.15) is 49.3 Å². The summed E-state index contributed by atoms with van der Waals surface area (Å²) in [6, 6.07) is 0.976. The molecule has 1 aromatic rings. The van der Waals surface area contributed by atoms with Gasteiger partial charge in [0.1, 0.15) is 5.82 Å². The van der Waals surface area contributed by atoms with Gasteiger partial charge in [-0.25, -0.2) is 4.39 Å². The summed E-state index contributed by atoms with van der Waals surface area (Å²) in [6.45, 7) is 0. The largest absolute Gasteiger partial charge is 0.416 e. The van der Waals surface area contributed by atoms with Crippen molar-refractivity contribution in [1.29, 1.82) is 0 Å². The highest BCUT2D eigenvalue weighted by Gasteiger charge is 2.37. The van der Waals surface area contributed by atoms with Crippen LogP contribution >= 0.6 is 0 Å². The fourth-order valence-corrected chi connectivity index (χ4v) is 3.02. The third-order valence-corrected chi connectivity index (χ3v) is 4.18. The number of aliphatic hydroxyl groups is 1. The normalized spacial score (nSPS) is 20.3. The number of aliphatic hydroxyl groups excluding tert-OH is 1. The van der Waals surface area contributed by atoms with Crippen LogP contribution in [-0.2, 0) is 6.18 Å². The molecule has 0 heterocycles. The van der Waals surface area contributed by atoms with E-state index < -0.39 is 29.7 Å². The van der Waals surface area contributed by atoms with Gasteiger partial charge in [-0.2, -0.15) is 13.2 Å². The molecule has 2 nitrogen and oxygen atoms in total. The van der Waals surface area contributed by atoms with Crippen LogP contribution in [0, 0.1) is 11.7 Å². The van der Waals surface area contributed by atoms with Crippen molar-refractivity contribution in [2.24, 2.45) is 11.7 Å². The van der Waals surface area contributed by atoms with E-state index in [0.29, 0.717) is 6.07 Å². The van der Waals surface area contributed by atoms with E-state index in [1.165, 1.54) is 0 Å². The lowest BCUT2D eigenvalue weighted by molar-refractivity contribution is -0.138. The van der Waals surface area contributed by atoms with E-state index >= 15 is 0 Å². The maximum atomic E-state index is 13.3. The van der Waals surface area contributed by atoms with Crippen LogP contribution < -0.4 is 5.73 Å². The van der Waals surface area contributed by atoms with Crippen LogP contribution in [0.3, 0.4) is 0 Å². The Morgan fingerprint density at radius 3 is 2.33 bits per heavy atom. The van der Waals surface area contributed by atoms with Crippen molar-refractivity contribution < 1.29 is 22.7 Å². The third-order valence-electron chi connectivity index (χ3n) is 4.18. The lowest BCUT2D eigenvalue weighted by Crippen LogP contribution is -2.35. The Kier molecular flexibility index (Phi) is 4.88. The molecule has 118 valence electrons. The zero-order valence-electron chi connectivity index (χ0n) is 11.5. The van der Waals surface area contributed by atoms with Crippen molar-refractivity contribution in [3.8, 4) is 0 Å². The first-order valence-corrected chi connectivity index (χ1v) is 7.11. The van der Waals surface area contributed by atoms with Crippen molar-refractivity contribution in [1.82, 2.24) is 0 Å². The molecule has 0 saturated heterocycles. The molecule has 6 heteroatoms. The zero-order valence-corrected chi connectivity index (χ0v) is 11.5. The number of nitrogens with two attached hydrogens (primary N) is 1. The monoisotopic (exact) mass is 305 g/mol. The van der Waals surface area contributed by atoms with E-state index in [4.69, 9.17) is 5.73 Å². The Morgan fingerprint density at radius 2 is 1.76 bits per heavy atom. The maximum absolute atomic E-state index is 13.3. The summed E-state index contributed by atoms with van der Waals surface area (Å²) in [4.78, 5) is 0. The SMILES string of the molecule is N[C@H](c1cc(F)ccc1C(F)(F)F)[C@@H](O)C1CCCCC1. The first-order chi connectivity index (χ1) is 9.80. The van der Waals surface area contributed by atoms with Gasteiger partial charge in [-0.15, -0.1) is 0 Å². The fraction of sp³-hybridized carbons (Fsp3) is 0.600. The molecule has 0 unspecified atom stereocenters. The minimum Gasteiger partial charge on any atom is -0.391 e. The Labute approximate surface area is 121 Å². The topological polar surface area (TPSA) is 46.2 Å². The summed E-state index contributed by atoms with van der Waals surface area (Å²) in [5, 5.41) is 10.3. The molecule has 0 amide bonds. The van der Waals surface area contributed by atoms with Gasteiger partial charge in [-0.1, -0.05) is 19.3 Å². The average molecular weight is 305 g/mol. The Morgan fingerprint density at radius 1 is 1.14 bits per heavy atom. The summed E-state index contributed by atoms with van der Waals surface area (Å²) in [5.74, 6) is -0.914. The van der Waals surface area contributed by atoms with Crippen LogP contribution in [0.25, 0.3) is 0 Å². The lowest BCUT2D eigenvalue weighted by atomic mass is 9.80. The van der Waals surface area contributed by atoms with Gasteiger partial charge in [0.15, 0.2) is 0 Å². The first-order valence-electron chi connectivity index (χ1n) is 7.11. The predicted octanol–water partition coefficient (Wildman–Crippen LogP) is 3.79. The smallest absolute Gasteiger partial charge is 0.391 e. The Bertz CT molecular complexity index is 483. The number of hydrogen-bond acceptors (Lipinski definition) is 2. The molecule has 2 atom stereocenters. The first kappa shape index (κ1) is 16.2. The minimum absolute atomic E-state index is 0.127. The molecule has 0 radical (unpaired) electrons. The summed E-state index contributed by atoms with van der Waals surface area (Å²) < 4.78 is 52.3. The van der Waals surface area contributed by atoms with Gasteiger partial charge < -0.3 is 10.8 Å². The van der Waals surface area contributed by atoms with E-state index in [0.717, 1.165) is 44.2 Å². The van der Waals surface area contributed by atoms with Crippen molar-refractivity contribution in [2.75, 3.05) is 0 Å². The van der Waals surface area contributed by atoms with Gasteiger partial charge >= 0.3 is 6.18 Å². The molecule has 3 N–H and O–H groups in total. The van der Waals surface area contributed by atoms with E-state index in [1.807, 2.05) is 0 Å². The zero-order chi connectivity index (χ0) is 15.6. The quantitative estimate of drug-likeness (QED) is 0.835. The number of rotatable bonds is 3. The summed E-state index contributed by atoms with van der Waals surface area (Å²) in [5.41, 5.74) is 4.46. The summed E-state index contributed by atoms with van der Waals surface area (Å²) >= 11 is 0. The second-order valence-electron chi connectivity index (χ2n) is 5.64. The van der Waals surface area contributed by atoms with E-state index in [2.05, 4.69) is 0 Å². The van der Waals surface area contributed by atoms with Crippen molar-refractivity contribution >= 4 is 0 Å². The van der Waals surface area contributed by atoms with Gasteiger partial charge in [0.25, 0.3) is 0 Å². The van der Waals surface area contributed by atoms with Gasteiger partial charge in [-0.3, -0.25) is 0 Å². The van der Waals surface area contributed by atoms with Gasteiger partial charge in [0.2, 0.25) is 0 Å². The minimum atomic E-state index is -4.62. The number of hydrogen-bond donors (Lipinski definition) is 2. The molecule has 0 aromatic heterocycles. The van der Waals surface area contributed by atoms with Crippen molar-refractivity contribution in [3.05, 3.63) is 35.1 Å². The second kappa shape index (κ2) is 6.32. The van der Waals surface area contributed by atoms with E-state index in [-0.39, 0.29) is 11.5 Å². The average Bonchev–Trinajstić information content (AvgIpc) is 2.45. The van der Waals surface area contributed by atoms with Gasteiger partial charge in [0.05, 0.1) is 17.7 Å². The fourth-order valence-electron chi connectivity index (χ4n) is 3.02. The summed E-state index contributed by atoms with van der Waals surface area (Å²) in [7, 11) is 0. The molecule has 0 bridgehead atoms. The molecule has 0 aliphatic heterocycles. The number of halogens is 4. The van der Waals surface area contributed by atoms with Crippen LogP contribution in [0.4, 0.5) is 17.6 Å². The molecule has 0 spiro atoms. The van der Waals surface area contributed by atoms with E-state index in [1.54, 1.807) is 0 Å². The second-order valence-corrected chi connectivity index (χ2v) is 5.64. The predicted molar refractivity (Wildman–Crippen MR) is 70.9 cm³/mol. The van der Waals surface area contributed by atoms with Gasteiger partial charge in [-0.05, 0) is 42.5 Å². The van der Waals surface area contributed by atoms with Crippen molar-refractivity contribution in [2.45, 2.75) is 50.4 Å². The summed E-state index contributed by atoms with van der Waals surface area (Å²) in [6.07, 6.45) is -1.29. The van der Waals surface area contributed by atoms with E-state index in [9.17, 15) is 22.7 Å². The number of benzene rings is 1. The molecular formula is C15H19F4NO. The van der Waals surface area contributed by atoms with Crippen LogP contribution in [0.5, 0.6) is 0 Å². The Balaban J connectivity index is 2.28. The van der Waals surface area contributed by atoms with Gasteiger partial charge in [0, 0.05) is 0 Å². The van der Waals surface area contributed by atoms with Crippen LogP contribution in [0.15, 0.2) is 18.2 Å². The molecule has 1 aromatic carbocycles. The molecule has 2 rings (SSSR count). The van der Waals surface area contributed by atoms with Crippen LogP contribution in [-0.4, -0.2) is 11.2 Å². The third kappa shape index (κ3) is 3.74. The molecule has 1 fully saturated rings. The van der Waals surface area contributed by atoms with Crippen LogP contribution in [0.2, 0.25) is 0 Å². The molecule has 21 heavy (non-hydrogen) atoms. The molecule has 1 aliphatic carbocycles. The number of alkyl halides is 3. The molecule has 1 aliphatic rings. The highest BCUT2D eigenvalue weighted by atomic mass is 19.4. The standard InChI is InChI=1S/C15H19F4NO/c16-10-6-7-12(15(17,18)19)11(8-10)13(20)14(21)9-4-2-1-3-5-9/h6-9,13-14,21H,1-5,20H2/t13-,14+/m1/s1. The molecular weight excluding hydrogens is 286 g/mol. The molecule has 1 saturated carbocycles. The highest BCUT2D eigenvalue weighted by molar-refractivity contribution is 5.33. The highest BCUT2D eigenvalue weighted by Crippen LogP contribution is 2.38. The Hall–Kier alpha value is -1.14.